The smallest absolute Gasteiger partial charge is 0.293 e. The van der Waals surface area contributed by atoms with Crippen molar-refractivity contribution in [3.05, 3.63) is 64.0 Å². The van der Waals surface area contributed by atoms with Gasteiger partial charge in [0, 0.05) is 24.7 Å². The van der Waals surface area contributed by atoms with Gasteiger partial charge in [0.25, 0.3) is 11.6 Å². The first-order chi connectivity index (χ1) is 13.1. The van der Waals surface area contributed by atoms with Crippen molar-refractivity contribution in [1.29, 1.82) is 0 Å². The maximum absolute atomic E-state index is 11.7. The first kappa shape index (κ1) is 17.0. The largest absolute Gasteiger partial charge is 0.372 e. The Morgan fingerprint density at radius 2 is 2.07 bits per heavy atom. The minimum atomic E-state index is -0.487. The van der Waals surface area contributed by atoms with Crippen LogP contribution in [0.3, 0.4) is 0 Å². The Kier molecular flexibility index (Phi) is 4.23. The molecule has 0 aliphatic heterocycles. The summed E-state index contributed by atoms with van der Waals surface area (Å²) in [5.41, 5.74) is 2.49. The molecule has 0 spiro atoms. The van der Waals surface area contributed by atoms with Crippen molar-refractivity contribution in [2.45, 2.75) is 25.4 Å². The van der Waals surface area contributed by atoms with Gasteiger partial charge in [0.1, 0.15) is 11.5 Å². The summed E-state index contributed by atoms with van der Waals surface area (Å²) >= 11 is 0. The molecular formula is C19H19N5O3. The van der Waals surface area contributed by atoms with Crippen molar-refractivity contribution < 1.29 is 9.72 Å². The van der Waals surface area contributed by atoms with Gasteiger partial charge in [0.2, 0.25) is 0 Å². The zero-order chi connectivity index (χ0) is 19.0. The number of hydrogen-bond acceptors (Lipinski definition) is 5. The lowest BCUT2D eigenvalue weighted by Crippen LogP contribution is -2.18. The van der Waals surface area contributed by atoms with E-state index in [1.165, 1.54) is 13.1 Å². The Morgan fingerprint density at radius 1 is 1.30 bits per heavy atom. The standard InChI is InChI=1S/C19H19N5O3/c1-20-19(25)12-6-9-14(17(10-12)24(26)27)21-11-18-22-15-4-2-3-5-16(15)23(18)13-7-8-13/h2-6,9-10,13,21H,7-8,11H2,1H3,(H,20,25). The van der Waals surface area contributed by atoms with E-state index in [0.29, 0.717) is 18.3 Å². The van der Waals surface area contributed by atoms with E-state index in [0.717, 1.165) is 29.7 Å². The minimum Gasteiger partial charge on any atom is -0.372 e. The molecule has 4 rings (SSSR count). The van der Waals surface area contributed by atoms with Gasteiger partial charge in [0.05, 0.1) is 22.5 Å². The fourth-order valence-electron chi connectivity index (χ4n) is 3.25. The average molecular weight is 365 g/mol. The Hall–Kier alpha value is -3.42. The van der Waals surface area contributed by atoms with E-state index < -0.39 is 4.92 Å². The number of anilines is 1. The molecule has 0 bridgehead atoms. The molecule has 1 saturated carbocycles. The van der Waals surface area contributed by atoms with E-state index in [2.05, 4.69) is 20.2 Å². The van der Waals surface area contributed by atoms with E-state index >= 15 is 0 Å². The van der Waals surface area contributed by atoms with E-state index in [4.69, 9.17) is 0 Å². The maximum atomic E-state index is 11.7. The van der Waals surface area contributed by atoms with E-state index in [1.54, 1.807) is 12.1 Å². The molecule has 138 valence electrons. The summed E-state index contributed by atoms with van der Waals surface area (Å²) in [5.74, 6) is 0.489. The Balaban J connectivity index is 1.64. The summed E-state index contributed by atoms with van der Waals surface area (Å²) in [6, 6.07) is 12.8. The number of amides is 1. The van der Waals surface area contributed by atoms with Crippen molar-refractivity contribution >= 4 is 28.3 Å². The van der Waals surface area contributed by atoms with Crippen LogP contribution in [0, 0.1) is 10.1 Å². The normalized spacial score (nSPS) is 13.5. The maximum Gasteiger partial charge on any atom is 0.293 e. The highest BCUT2D eigenvalue weighted by Gasteiger charge is 2.28. The molecule has 1 aromatic heterocycles. The highest BCUT2D eigenvalue weighted by Crippen LogP contribution is 2.39. The van der Waals surface area contributed by atoms with Gasteiger partial charge < -0.3 is 15.2 Å². The number of nitro benzene ring substituents is 1. The molecule has 8 heteroatoms. The third-order valence-corrected chi connectivity index (χ3v) is 4.70. The first-order valence-electron chi connectivity index (χ1n) is 8.78. The lowest BCUT2D eigenvalue weighted by Gasteiger charge is -2.11. The highest BCUT2D eigenvalue weighted by atomic mass is 16.6. The first-order valence-corrected chi connectivity index (χ1v) is 8.78. The zero-order valence-corrected chi connectivity index (χ0v) is 14.8. The van der Waals surface area contributed by atoms with Gasteiger partial charge in [-0.2, -0.15) is 0 Å². The van der Waals surface area contributed by atoms with Crippen LogP contribution in [-0.2, 0) is 6.54 Å². The number of carbonyl (C=O) groups is 1. The van der Waals surface area contributed by atoms with Gasteiger partial charge in [-0.25, -0.2) is 4.98 Å². The second-order valence-electron chi connectivity index (χ2n) is 6.54. The number of imidazole rings is 1. The molecule has 0 saturated heterocycles. The SMILES string of the molecule is CNC(=O)c1ccc(NCc2nc3ccccc3n2C2CC2)c([N+](=O)[O-])c1. The summed E-state index contributed by atoms with van der Waals surface area (Å²) in [6.45, 7) is 0.366. The van der Waals surface area contributed by atoms with Crippen LogP contribution in [0.5, 0.6) is 0 Å². The van der Waals surface area contributed by atoms with Crippen LogP contribution in [0.2, 0.25) is 0 Å². The summed E-state index contributed by atoms with van der Waals surface area (Å²) in [6.07, 6.45) is 2.24. The molecule has 1 fully saturated rings. The van der Waals surface area contributed by atoms with E-state index in [9.17, 15) is 14.9 Å². The second kappa shape index (κ2) is 6.71. The number of hydrogen-bond donors (Lipinski definition) is 2. The summed E-state index contributed by atoms with van der Waals surface area (Å²) in [5, 5.41) is 17.0. The van der Waals surface area contributed by atoms with Gasteiger partial charge in [0.15, 0.2) is 0 Å². The second-order valence-corrected chi connectivity index (χ2v) is 6.54. The van der Waals surface area contributed by atoms with Crippen LogP contribution in [0.25, 0.3) is 11.0 Å². The van der Waals surface area contributed by atoms with Crippen molar-refractivity contribution in [3.8, 4) is 0 Å². The van der Waals surface area contributed by atoms with Crippen molar-refractivity contribution in [3.63, 3.8) is 0 Å². The van der Waals surface area contributed by atoms with Crippen molar-refractivity contribution in [1.82, 2.24) is 14.9 Å². The molecule has 2 aromatic carbocycles. The number of nitrogens with zero attached hydrogens (tertiary/aromatic N) is 3. The van der Waals surface area contributed by atoms with Gasteiger partial charge >= 0.3 is 0 Å². The number of aromatic nitrogens is 2. The number of nitrogens with one attached hydrogen (secondary N) is 2. The highest BCUT2D eigenvalue weighted by molar-refractivity contribution is 5.95. The molecule has 27 heavy (non-hydrogen) atoms. The van der Waals surface area contributed by atoms with Gasteiger partial charge in [-0.05, 0) is 37.1 Å². The van der Waals surface area contributed by atoms with Gasteiger partial charge in [-0.15, -0.1) is 0 Å². The molecule has 1 aliphatic carbocycles. The molecule has 1 amide bonds. The number of rotatable bonds is 6. The molecule has 2 N–H and O–H groups in total. The Labute approximate surface area is 155 Å². The fraction of sp³-hybridized carbons (Fsp3) is 0.263. The number of carbonyl (C=O) groups excluding carboxylic acids is 1. The van der Waals surface area contributed by atoms with Crippen LogP contribution in [0.1, 0.15) is 35.1 Å². The Morgan fingerprint density at radius 3 is 2.78 bits per heavy atom. The monoisotopic (exact) mass is 365 g/mol. The third-order valence-electron chi connectivity index (χ3n) is 4.70. The van der Waals surface area contributed by atoms with E-state index in [-0.39, 0.29) is 17.2 Å². The van der Waals surface area contributed by atoms with Gasteiger partial charge in [-0.1, -0.05) is 12.1 Å². The van der Waals surface area contributed by atoms with Crippen molar-refractivity contribution in [2.75, 3.05) is 12.4 Å². The number of para-hydroxylation sites is 2. The quantitative estimate of drug-likeness (QED) is 0.516. The lowest BCUT2D eigenvalue weighted by atomic mass is 10.1. The molecule has 0 atom stereocenters. The summed E-state index contributed by atoms with van der Waals surface area (Å²) < 4.78 is 2.22. The fourth-order valence-corrected chi connectivity index (χ4v) is 3.25. The van der Waals surface area contributed by atoms with Crippen LogP contribution >= 0.6 is 0 Å². The minimum absolute atomic E-state index is 0.134. The number of nitro groups is 1. The number of fused-ring (bicyclic) bond motifs is 1. The van der Waals surface area contributed by atoms with Crippen molar-refractivity contribution in [2.24, 2.45) is 0 Å². The molecular weight excluding hydrogens is 346 g/mol. The predicted molar refractivity (Wildman–Crippen MR) is 102 cm³/mol. The van der Waals surface area contributed by atoms with E-state index in [1.807, 2.05) is 24.3 Å². The molecule has 1 aliphatic rings. The third kappa shape index (κ3) is 3.21. The predicted octanol–water partition coefficient (Wildman–Crippen LogP) is 3.25. The lowest BCUT2D eigenvalue weighted by molar-refractivity contribution is -0.384. The summed E-state index contributed by atoms with van der Waals surface area (Å²) in [4.78, 5) is 27.4. The zero-order valence-electron chi connectivity index (χ0n) is 14.8. The Bertz CT molecular complexity index is 1040. The van der Waals surface area contributed by atoms with Crippen LogP contribution in [0.4, 0.5) is 11.4 Å². The molecule has 0 unspecified atom stereocenters. The molecule has 8 nitrogen and oxygen atoms in total. The van der Waals surface area contributed by atoms with Gasteiger partial charge in [-0.3, -0.25) is 14.9 Å². The van der Waals surface area contributed by atoms with Crippen LogP contribution in [0.15, 0.2) is 42.5 Å². The summed E-state index contributed by atoms with van der Waals surface area (Å²) in [7, 11) is 1.49. The molecule has 3 aromatic rings. The number of benzene rings is 2. The molecule has 0 radical (unpaired) electrons. The average Bonchev–Trinajstić information content (AvgIpc) is 3.45. The van der Waals surface area contributed by atoms with Crippen LogP contribution < -0.4 is 10.6 Å². The topological polar surface area (TPSA) is 102 Å². The van der Waals surface area contributed by atoms with Crippen LogP contribution in [-0.4, -0.2) is 27.4 Å². The molecule has 1 heterocycles.